The van der Waals surface area contributed by atoms with Crippen LogP contribution in [0.5, 0.6) is 5.75 Å². The SMILES string of the molecule is CCC1CN(C(C#N)c2cccc(OC)c2)CCN1C. The highest BCUT2D eigenvalue weighted by Gasteiger charge is 2.28. The second kappa shape index (κ2) is 6.74. The molecule has 0 spiro atoms. The third kappa shape index (κ3) is 3.12. The monoisotopic (exact) mass is 273 g/mol. The van der Waals surface area contributed by atoms with E-state index in [0.717, 1.165) is 37.4 Å². The molecule has 1 aromatic carbocycles. The van der Waals surface area contributed by atoms with Crippen LogP contribution < -0.4 is 4.74 Å². The first kappa shape index (κ1) is 14.8. The second-order valence-corrected chi connectivity index (χ2v) is 5.35. The highest BCUT2D eigenvalue weighted by atomic mass is 16.5. The second-order valence-electron chi connectivity index (χ2n) is 5.35. The number of ether oxygens (including phenoxy) is 1. The van der Waals surface area contributed by atoms with Gasteiger partial charge in [-0.2, -0.15) is 5.26 Å². The van der Waals surface area contributed by atoms with Crippen LogP contribution in [0.15, 0.2) is 24.3 Å². The molecule has 0 saturated carbocycles. The van der Waals surface area contributed by atoms with Gasteiger partial charge in [-0.05, 0) is 31.2 Å². The summed E-state index contributed by atoms with van der Waals surface area (Å²) in [5.41, 5.74) is 1.02. The number of hydrogen-bond donors (Lipinski definition) is 0. The summed E-state index contributed by atoms with van der Waals surface area (Å²) in [6.07, 6.45) is 1.11. The molecule has 108 valence electrons. The Kier molecular flexibility index (Phi) is 4.99. The van der Waals surface area contributed by atoms with Gasteiger partial charge in [0.25, 0.3) is 0 Å². The van der Waals surface area contributed by atoms with Gasteiger partial charge in [0.2, 0.25) is 0 Å². The molecule has 4 heteroatoms. The van der Waals surface area contributed by atoms with Gasteiger partial charge in [0.05, 0.1) is 13.2 Å². The molecule has 0 N–H and O–H groups in total. The van der Waals surface area contributed by atoms with Gasteiger partial charge in [-0.25, -0.2) is 0 Å². The molecule has 0 radical (unpaired) electrons. The van der Waals surface area contributed by atoms with Crippen LogP contribution in [0.1, 0.15) is 24.9 Å². The van der Waals surface area contributed by atoms with Crippen molar-refractivity contribution in [2.75, 3.05) is 33.8 Å². The van der Waals surface area contributed by atoms with E-state index in [1.54, 1.807) is 7.11 Å². The van der Waals surface area contributed by atoms with Gasteiger partial charge in [-0.3, -0.25) is 4.90 Å². The van der Waals surface area contributed by atoms with Crippen LogP contribution in [0.25, 0.3) is 0 Å². The summed E-state index contributed by atoms with van der Waals surface area (Å²) in [4.78, 5) is 4.67. The number of piperazine rings is 1. The van der Waals surface area contributed by atoms with Crippen LogP contribution in [0.2, 0.25) is 0 Å². The van der Waals surface area contributed by atoms with Crippen LogP contribution in [-0.4, -0.2) is 49.6 Å². The van der Waals surface area contributed by atoms with Gasteiger partial charge in [0.1, 0.15) is 11.8 Å². The predicted molar refractivity (Wildman–Crippen MR) is 79.6 cm³/mol. The Morgan fingerprint density at radius 2 is 2.25 bits per heavy atom. The quantitative estimate of drug-likeness (QED) is 0.844. The molecule has 2 atom stereocenters. The topological polar surface area (TPSA) is 39.5 Å². The minimum absolute atomic E-state index is 0.187. The van der Waals surface area contributed by atoms with Crippen molar-refractivity contribution < 1.29 is 4.74 Å². The number of nitrogens with zero attached hydrogens (tertiary/aromatic N) is 3. The number of nitriles is 1. The molecule has 0 bridgehead atoms. The molecule has 2 rings (SSSR count). The van der Waals surface area contributed by atoms with Crippen molar-refractivity contribution in [2.45, 2.75) is 25.4 Å². The van der Waals surface area contributed by atoms with E-state index < -0.39 is 0 Å². The van der Waals surface area contributed by atoms with Crippen LogP contribution in [0.3, 0.4) is 0 Å². The Morgan fingerprint density at radius 1 is 1.45 bits per heavy atom. The van der Waals surface area contributed by atoms with E-state index in [-0.39, 0.29) is 6.04 Å². The van der Waals surface area contributed by atoms with Gasteiger partial charge in [-0.1, -0.05) is 19.1 Å². The first-order chi connectivity index (χ1) is 9.69. The lowest BCUT2D eigenvalue weighted by Gasteiger charge is -2.41. The predicted octanol–water partition coefficient (Wildman–Crippen LogP) is 2.29. The Hall–Kier alpha value is -1.57. The Balaban J connectivity index is 2.17. The number of rotatable bonds is 4. The number of hydrogen-bond acceptors (Lipinski definition) is 4. The maximum absolute atomic E-state index is 9.57. The smallest absolute Gasteiger partial charge is 0.124 e. The lowest BCUT2D eigenvalue weighted by Crippen LogP contribution is -2.51. The van der Waals surface area contributed by atoms with E-state index in [0.29, 0.717) is 6.04 Å². The molecule has 1 aliphatic rings. The fourth-order valence-corrected chi connectivity index (χ4v) is 2.82. The molecule has 1 aromatic rings. The van der Waals surface area contributed by atoms with Gasteiger partial charge in [-0.15, -0.1) is 0 Å². The van der Waals surface area contributed by atoms with Gasteiger partial charge < -0.3 is 9.64 Å². The molecule has 20 heavy (non-hydrogen) atoms. The number of methoxy groups -OCH3 is 1. The molecule has 1 heterocycles. The summed E-state index contributed by atoms with van der Waals surface area (Å²) in [5.74, 6) is 0.809. The molecule has 0 aromatic heterocycles. The zero-order valence-electron chi connectivity index (χ0n) is 12.5. The normalized spacial score (nSPS) is 22.2. The zero-order valence-corrected chi connectivity index (χ0v) is 12.5. The zero-order chi connectivity index (χ0) is 14.5. The largest absolute Gasteiger partial charge is 0.497 e. The van der Waals surface area contributed by atoms with E-state index in [9.17, 15) is 5.26 Å². The van der Waals surface area contributed by atoms with E-state index in [2.05, 4.69) is 29.8 Å². The third-order valence-electron chi connectivity index (χ3n) is 4.18. The molecule has 0 amide bonds. The molecule has 0 aliphatic carbocycles. The molecule has 1 fully saturated rings. The van der Waals surface area contributed by atoms with Gasteiger partial charge in [0, 0.05) is 25.7 Å². The van der Waals surface area contributed by atoms with E-state index >= 15 is 0 Å². The Morgan fingerprint density at radius 3 is 2.90 bits per heavy atom. The number of benzene rings is 1. The summed E-state index contributed by atoms with van der Waals surface area (Å²) in [7, 11) is 3.82. The number of likely N-dealkylation sites (N-methyl/N-ethyl adjacent to an activating group) is 1. The molecule has 1 saturated heterocycles. The average Bonchev–Trinajstić information content (AvgIpc) is 2.50. The Bertz CT molecular complexity index is 483. The summed E-state index contributed by atoms with van der Waals surface area (Å²) in [6, 6.07) is 10.6. The maximum Gasteiger partial charge on any atom is 0.124 e. The van der Waals surface area contributed by atoms with Crippen molar-refractivity contribution in [3.8, 4) is 11.8 Å². The van der Waals surface area contributed by atoms with Crippen molar-refractivity contribution in [2.24, 2.45) is 0 Å². The minimum Gasteiger partial charge on any atom is -0.497 e. The maximum atomic E-state index is 9.57. The van der Waals surface area contributed by atoms with E-state index in [4.69, 9.17) is 4.74 Å². The minimum atomic E-state index is -0.187. The standard InChI is InChI=1S/C16H23N3O/c1-4-14-12-19(9-8-18(14)2)16(11-17)13-6-5-7-15(10-13)20-3/h5-7,10,14,16H,4,8-9,12H2,1-3H3. The summed E-state index contributed by atoms with van der Waals surface area (Å²) in [6.45, 7) is 5.10. The van der Waals surface area contributed by atoms with Crippen LogP contribution in [-0.2, 0) is 0 Å². The van der Waals surface area contributed by atoms with Gasteiger partial charge in [0.15, 0.2) is 0 Å². The van der Waals surface area contributed by atoms with Crippen molar-refractivity contribution in [1.82, 2.24) is 9.80 Å². The molecule has 2 unspecified atom stereocenters. The van der Waals surface area contributed by atoms with Crippen LogP contribution in [0.4, 0.5) is 0 Å². The lowest BCUT2D eigenvalue weighted by atomic mass is 10.0. The first-order valence-corrected chi connectivity index (χ1v) is 7.17. The van der Waals surface area contributed by atoms with Crippen LogP contribution in [0, 0.1) is 11.3 Å². The van der Waals surface area contributed by atoms with Crippen molar-refractivity contribution in [3.63, 3.8) is 0 Å². The van der Waals surface area contributed by atoms with Crippen LogP contribution >= 0.6 is 0 Å². The van der Waals surface area contributed by atoms with E-state index in [1.165, 1.54) is 0 Å². The highest BCUT2D eigenvalue weighted by Crippen LogP contribution is 2.26. The van der Waals surface area contributed by atoms with Crippen molar-refractivity contribution in [3.05, 3.63) is 29.8 Å². The van der Waals surface area contributed by atoms with Gasteiger partial charge >= 0.3 is 0 Å². The van der Waals surface area contributed by atoms with Crippen molar-refractivity contribution in [1.29, 1.82) is 5.26 Å². The van der Waals surface area contributed by atoms with Crippen molar-refractivity contribution >= 4 is 0 Å². The first-order valence-electron chi connectivity index (χ1n) is 7.17. The lowest BCUT2D eigenvalue weighted by molar-refractivity contribution is 0.0773. The summed E-state index contributed by atoms with van der Waals surface area (Å²) >= 11 is 0. The fourth-order valence-electron chi connectivity index (χ4n) is 2.82. The van der Waals surface area contributed by atoms with E-state index in [1.807, 2.05) is 24.3 Å². The molecular weight excluding hydrogens is 250 g/mol. The highest BCUT2D eigenvalue weighted by molar-refractivity contribution is 5.33. The Labute approximate surface area is 121 Å². The molecular formula is C16H23N3O. The fraction of sp³-hybridized carbons (Fsp3) is 0.562. The summed E-state index contributed by atoms with van der Waals surface area (Å²) in [5, 5.41) is 9.57. The third-order valence-corrected chi connectivity index (χ3v) is 4.18. The molecule has 1 aliphatic heterocycles. The molecule has 4 nitrogen and oxygen atoms in total. The average molecular weight is 273 g/mol. The summed E-state index contributed by atoms with van der Waals surface area (Å²) < 4.78 is 5.26.